The Morgan fingerprint density at radius 1 is 1.00 bits per heavy atom. The average Bonchev–Trinajstić information content (AvgIpc) is 2.03. The number of allylic oxidation sites excluding steroid dienone is 5. The Morgan fingerprint density at radius 2 is 1.73 bits per heavy atom. The quantitative estimate of drug-likeness (QED) is 0.474. The van der Waals surface area contributed by atoms with Gasteiger partial charge in [-0.25, -0.2) is 0 Å². The van der Waals surface area contributed by atoms with Gasteiger partial charge in [0.05, 0.1) is 6.61 Å². The number of hydrogen-bond donors (Lipinski definition) is 1. The van der Waals surface area contributed by atoms with E-state index >= 15 is 0 Å². The van der Waals surface area contributed by atoms with Crippen molar-refractivity contribution in [1.82, 2.24) is 0 Å². The molecule has 0 amide bonds. The third-order valence-corrected chi connectivity index (χ3v) is 1.16. The summed E-state index contributed by atoms with van der Waals surface area (Å²) < 4.78 is 0. The summed E-state index contributed by atoms with van der Waals surface area (Å²) in [4.78, 5) is 0. The summed E-state index contributed by atoms with van der Waals surface area (Å²) in [5.41, 5.74) is 0. The minimum absolute atomic E-state index is 0.120. The van der Waals surface area contributed by atoms with Gasteiger partial charge in [-0.15, -0.1) is 0 Å². The fourth-order valence-electron chi connectivity index (χ4n) is 0.638. The van der Waals surface area contributed by atoms with Crippen LogP contribution in [0.2, 0.25) is 0 Å². The average molecular weight is 152 g/mol. The van der Waals surface area contributed by atoms with E-state index in [0.717, 1.165) is 12.8 Å². The predicted molar refractivity (Wildman–Crippen MR) is 49.4 cm³/mol. The third kappa shape index (κ3) is 9.18. The number of aliphatic hydroxyl groups excluding tert-OH is 1. The van der Waals surface area contributed by atoms with Gasteiger partial charge in [0.15, 0.2) is 0 Å². The molecule has 0 rings (SSSR count). The molecule has 0 bridgehead atoms. The van der Waals surface area contributed by atoms with E-state index in [0.29, 0.717) is 0 Å². The fraction of sp³-hybridized carbons (Fsp3) is 0.400. The smallest absolute Gasteiger partial charge is 0.0615 e. The zero-order valence-corrected chi connectivity index (χ0v) is 7.03. The Balaban J connectivity index is 3.29. The number of aliphatic hydroxyl groups is 1. The van der Waals surface area contributed by atoms with Crippen LogP contribution in [-0.2, 0) is 0 Å². The molecule has 1 nitrogen and oxygen atoms in total. The molecule has 0 saturated carbocycles. The van der Waals surface area contributed by atoms with Crippen LogP contribution in [0, 0.1) is 0 Å². The maximum atomic E-state index is 8.37. The minimum atomic E-state index is 0.120. The van der Waals surface area contributed by atoms with Crippen LogP contribution >= 0.6 is 0 Å². The highest BCUT2D eigenvalue weighted by Crippen LogP contribution is 1.88. The molecule has 1 N–H and O–H groups in total. The molecular weight excluding hydrogens is 136 g/mol. The molecule has 0 aliphatic rings. The second-order valence-electron chi connectivity index (χ2n) is 2.15. The van der Waals surface area contributed by atoms with Gasteiger partial charge in [0.2, 0.25) is 0 Å². The van der Waals surface area contributed by atoms with E-state index in [1.54, 1.807) is 6.08 Å². The summed E-state index contributed by atoms with van der Waals surface area (Å²) in [6.07, 6.45) is 13.9. The molecular formula is C10H16O. The summed E-state index contributed by atoms with van der Waals surface area (Å²) in [6.45, 7) is 2.24. The molecule has 1 heteroatoms. The maximum absolute atomic E-state index is 8.37. The Hall–Kier alpha value is -0.820. The van der Waals surface area contributed by atoms with Gasteiger partial charge >= 0.3 is 0 Å². The molecule has 0 aromatic rings. The van der Waals surface area contributed by atoms with Crippen LogP contribution in [0.3, 0.4) is 0 Å². The minimum Gasteiger partial charge on any atom is -0.392 e. The summed E-state index contributed by atoms with van der Waals surface area (Å²) >= 11 is 0. The van der Waals surface area contributed by atoms with Crippen LogP contribution in [0.15, 0.2) is 36.5 Å². The lowest BCUT2D eigenvalue weighted by Gasteiger charge is -1.79. The van der Waals surface area contributed by atoms with Gasteiger partial charge < -0.3 is 5.11 Å². The molecule has 0 aromatic heterocycles. The molecule has 0 fully saturated rings. The van der Waals surface area contributed by atoms with Crippen molar-refractivity contribution >= 4 is 0 Å². The Labute approximate surface area is 68.7 Å². The van der Waals surface area contributed by atoms with Crippen molar-refractivity contribution in [3.8, 4) is 0 Å². The monoisotopic (exact) mass is 152 g/mol. The molecule has 0 aliphatic carbocycles. The summed E-state index contributed by atoms with van der Waals surface area (Å²) in [5, 5.41) is 8.37. The maximum Gasteiger partial charge on any atom is 0.0615 e. The SMILES string of the molecule is CC/C=C/C/C=C/C=C/CO. The van der Waals surface area contributed by atoms with E-state index in [1.807, 2.05) is 12.2 Å². The van der Waals surface area contributed by atoms with Crippen LogP contribution in [0.25, 0.3) is 0 Å². The highest BCUT2D eigenvalue weighted by atomic mass is 16.2. The first-order valence-electron chi connectivity index (χ1n) is 3.99. The van der Waals surface area contributed by atoms with Crippen LogP contribution < -0.4 is 0 Å². The van der Waals surface area contributed by atoms with Gasteiger partial charge in [0.1, 0.15) is 0 Å². The first kappa shape index (κ1) is 10.2. The lowest BCUT2D eigenvalue weighted by Crippen LogP contribution is -1.67. The molecule has 0 spiro atoms. The van der Waals surface area contributed by atoms with Gasteiger partial charge in [0, 0.05) is 0 Å². The fourth-order valence-corrected chi connectivity index (χ4v) is 0.638. The number of hydrogen-bond acceptors (Lipinski definition) is 1. The predicted octanol–water partition coefficient (Wildman–Crippen LogP) is 2.45. The van der Waals surface area contributed by atoms with Crippen molar-refractivity contribution in [3.05, 3.63) is 36.5 Å². The lowest BCUT2D eigenvalue weighted by atomic mass is 10.3. The van der Waals surface area contributed by atoms with Gasteiger partial charge in [0.25, 0.3) is 0 Å². The normalized spacial score (nSPS) is 12.5. The highest BCUT2D eigenvalue weighted by Gasteiger charge is 1.68. The van der Waals surface area contributed by atoms with Crippen LogP contribution in [0.1, 0.15) is 19.8 Å². The molecule has 0 radical (unpaired) electrons. The Kier molecular flexibility index (Phi) is 8.50. The Morgan fingerprint density at radius 3 is 2.36 bits per heavy atom. The van der Waals surface area contributed by atoms with E-state index in [1.165, 1.54) is 0 Å². The van der Waals surface area contributed by atoms with Gasteiger partial charge in [-0.05, 0) is 12.8 Å². The van der Waals surface area contributed by atoms with E-state index in [-0.39, 0.29) is 6.61 Å². The summed E-state index contributed by atoms with van der Waals surface area (Å²) in [5.74, 6) is 0. The summed E-state index contributed by atoms with van der Waals surface area (Å²) in [7, 11) is 0. The number of rotatable bonds is 5. The third-order valence-electron chi connectivity index (χ3n) is 1.16. The van der Waals surface area contributed by atoms with Crippen molar-refractivity contribution in [2.45, 2.75) is 19.8 Å². The molecule has 0 aliphatic heterocycles. The van der Waals surface area contributed by atoms with E-state index < -0.39 is 0 Å². The second-order valence-corrected chi connectivity index (χ2v) is 2.15. The molecule has 62 valence electrons. The molecule has 0 heterocycles. The van der Waals surface area contributed by atoms with Crippen LogP contribution in [-0.4, -0.2) is 11.7 Å². The standard InChI is InChI=1S/C10H16O/c1-2-3-4-5-6-7-8-9-10-11/h3-4,6-9,11H,2,5,10H2,1H3/b4-3+,7-6+,9-8+. The molecule has 0 saturated heterocycles. The summed E-state index contributed by atoms with van der Waals surface area (Å²) in [6, 6.07) is 0. The second kappa shape index (κ2) is 9.18. The van der Waals surface area contributed by atoms with Crippen molar-refractivity contribution in [2.75, 3.05) is 6.61 Å². The topological polar surface area (TPSA) is 20.2 Å². The Bertz CT molecular complexity index is 143. The van der Waals surface area contributed by atoms with E-state index in [9.17, 15) is 0 Å². The first-order valence-corrected chi connectivity index (χ1v) is 3.99. The van der Waals surface area contributed by atoms with Gasteiger partial charge in [-0.3, -0.25) is 0 Å². The molecule has 11 heavy (non-hydrogen) atoms. The van der Waals surface area contributed by atoms with Gasteiger partial charge in [-0.1, -0.05) is 43.4 Å². The van der Waals surface area contributed by atoms with Crippen LogP contribution in [0.5, 0.6) is 0 Å². The zero-order chi connectivity index (χ0) is 8.36. The highest BCUT2D eigenvalue weighted by molar-refractivity contribution is 5.04. The first-order chi connectivity index (χ1) is 5.41. The van der Waals surface area contributed by atoms with E-state index in [2.05, 4.69) is 25.2 Å². The molecule has 0 unspecified atom stereocenters. The van der Waals surface area contributed by atoms with Crippen molar-refractivity contribution in [3.63, 3.8) is 0 Å². The van der Waals surface area contributed by atoms with E-state index in [4.69, 9.17) is 5.11 Å². The van der Waals surface area contributed by atoms with Crippen LogP contribution in [0.4, 0.5) is 0 Å². The lowest BCUT2D eigenvalue weighted by molar-refractivity contribution is 0.343. The van der Waals surface area contributed by atoms with Crippen molar-refractivity contribution in [2.24, 2.45) is 0 Å². The molecule has 0 atom stereocenters. The largest absolute Gasteiger partial charge is 0.392 e. The molecule has 0 aromatic carbocycles. The van der Waals surface area contributed by atoms with Crippen molar-refractivity contribution in [1.29, 1.82) is 0 Å². The van der Waals surface area contributed by atoms with Crippen molar-refractivity contribution < 1.29 is 5.11 Å². The zero-order valence-electron chi connectivity index (χ0n) is 7.03. The van der Waals surface area contributed by atoms with Gasteiger partial charge in [-0.2, -0.15) is 0 Å².